The van der Waals surface area contributed by atoms with Crippen LogP contribution in [-0.4, -0.2) is 6.04 Å². The maximum atomic E-state index is 4.31. The Hall–Kier alpha value is 0.250. The topological polar surface area (TPSA) is 27.6 Å². The van der Waals surface area contributed by atoms with E-state index in [4.69, 9.17) is 0 Å². The lowest BCUT2D eigenvalue weighted by Crippen LogP contribution is -3.00. The first kappa shape index (κ1) is 25.5. The van der Waals surface area contributed by atoms with Crippen molar-refractivity contribution < 1.29 is 18.1 Å². The minimum absolute atomic E-state index is 0. The number of unbranched alkanes of at least 4 members (excludes halogenated alkanes) is 13. The van der Waals surface area contributed by atoms with Crippen molar-refractivity contribution in [3.63, 3.8) is 0 Å². The number of hydrogen-bond acceptors (Lipinski definition) is 0. The van der Waals surface area contributed by atoms with Gasteiger partial charge in [-0.15, -0.1) is 0 Å². The van der Waals surface area contributed by atoms with Crippen LogP contribution in [0.5, 0.6) is 0 Å². The zero-order valence-corrected chi connectivity index (χ0v) is 17.5. The summed E-state index contributed by atoms with van der Waals surface area (Å²) in [7, 11) is 0. The summed E-state index contributed by atoms with van der Waals surface area (Å²) in [6, 6.07) is 0.616. The van der Waals surface area contributed by atoms with Gasteiger partial charge >= 0.3 is 0 Å². The van der Waals surface area contributed by atoms with Crippen LogP contribution >= 0.6 is 0 Å². The largest absolute Gasteiger partial charge is 1.00 e. The zero-order valence-electron chi connectivity index (χ0n) is 16.8. The highest BCUT2D eigenvalue weighted by atomic mass is 35.5. The highest BCUT2D eigenvalue weighted by Gasteiger charge is 2.23. The molecule has 0 bridgehead atoms. The Balaban J connectivity index is 0. The van der Waals surface area contributed by atoms with Crippen LogP contribution in [0.15, 0.2) is 0 Å². The average Bonchev–Trinajstić information content (AvgIpc) is 2.46. The van der Waals surface area contributed by atoms with Gasteiger partial charge in [-0.05, 0) is 12.8 Å². The normalized spacial score (nSPS) is 12.9. The van der Waals surface area contributed by atoms with Gasteiger partial charge in [-0.2, -0.15) is 0 Å². The summed E-state index contributed by atoms with van der Waals surface area (Å²) in [6.45, 7) is 9.24. The molecule has 0 fully saturated rings. The predicted molar refractivity (Wildman–Crippen MR) is 101 cm³/mol. The summed E-state index contributed by atoms with van der Waals surface area (Å²) in [6.07, 6.45) is 21.5. The summed E-state index contributed by atoms with van der Waals surface area (Å²) in [4.78, 5) is 0. The molecule has 0 aliphatic carbocycles. The smallest absolute Gasteiger partial charge is 0.0892 e. The highest BCUT2D eigenvalue weighted by Crippen LogP contribution is 2.21. The lowest BCUT2D eigenvalue weighted by Gasteiger charge is -2.23. The summed E-state index contributed by atoms with van der Waals surface area (Å²) in [5.41, 5.74) is 4.69. The van der Waals surface area contributed by atoms with E-state index < -0.39 is 0 Å². The number of hydrogen-bond donors (Lipinski definition) is 1. The lowest BCUT2D eigenvalue weighted by atomic mass is 9.84. The SMILES string of the molecule is CCCCCCCCCCCCCCCCC([NH3+])C(C)(C)C.[Cl-]. The first-order valence-electron chi connectivity index (χ1n) is 10.3. The minimum Gasteiger partial charge on any atom is -1.00 e. The van der Waals surface area contributed by atoms with Crippen molar-refractivity contribution in [1.82, 2.24) is 0 Å². The third-order valence-corrected chi connectivity index (χ3v) is 5.13. The van der Waals surface area contributed by atoms with Gasteiger partial charge in [-0.1, -0.05) is 111 Å². The second-order valence-electron chi connectivity index (χ2n) is 8.45. The standard InChI is InChI=1S/C21H45N.ClH/c1-5-6-7-8-9-10-11-12-13-14-15-16-17-18-19-20(22)21(2,3)4;/h20H,5-19,22H2,1-4H3;1H. The van der Waals surface area contributed by atoms with Gasteiger partial charge < -0.3 is 18.1 Å². The molecule has 0 aromatic rings. The number of rotatable bonds is 15. The van der Waals surface area contributed by atoms with Gasteiger partial charge in [0.1, 0.15) is 0 Å². The van der Waals surface area contributed by atoms with Crippen molar-refractivity contribution in [2.75, 3.05) is 0 Å². The van der Waals surface area contributed by atoms with E-state index >= 15 is 0 Å². The number of quaternary nitrogens is 1. The molecule has 0 radical (unpaired) electrons. The third-order valence-electron chi connectivity index (χ3n) is 5.13. The second-order valence-corrected chi connectivity index (χ2v) is 8.45. The van der Waals surface area contributed by atoms with Crippen LogP contribution in [0.2, 0.25) is 0 Å². The van der Waals surface area contributed by atoms with E-state index in [1.54, 1.807) is 0 Å². The predicted octanol–water partition coefficient (Wildman–Crippen LogP) is 3.52. The van der Waals surface area contributed by atoms with Gasteiger partial charge in [-0.3, -0.25) is 0 Å². The molecule has 1 unspecified atom stereocenters. The van der Waals surface area contributed by atoms with E-state index in [9.17, 15) is 0 Å². The Bertz CT molecular complexity index is 222. The maximum absolute atomic E-state index is 4.31. The Morgan fingerprint density at radius 1 is 0.609 bits per heavy atom. The van der Waals surface area contributed by atoms with Crippen LogP contribution in [0.4, 0.5) is 0 Å². The fraction of sp³-hybridized carbons (Fsp3) is 1.00. The maximum Gasteiger partial charge on any atom is 0.0892 e. The second kappa shape index (κ2) is 17.1. The van der Waals surface area contributed by atoms with Crippen molar-refractivity contribution in [2.45, 2.75) is 130 Å². The van der Waals surface area contributed by atoms with Gasteiger partial charge in [0.05, 0.1) is 6.04 Å². The van der Waals surface area contributed by atoms with Gasteiger partial charge in [0, 0.05) is 5.41 Å². The minimum atomic E-state index is 0. The molecular formula is C21H46ClN. The van der Waals surface area contributed by atoms with Crippen molar-refractivity contribution in [2.24, 2.45) is 5.41 Å². The molecule has 2 heteroatoms. The van der Waals surface area contributed by atoms with Gasteiger partial charge in [0.2, 0.25) is 0 Å². The van der Waals surface area contributed by atoms with E-state index in [-0.39, 0.29) is 12.4 Å². The molecule has 0 amide bonds. The lowest BCUT2D eigenvalue weighted by molar-refractivity contribution is -0.445. The molecule has 0 spiro atoms. The molecule has 142 valence electrons. The first-order valence-corrected chi connectivity index (χ1v) is 10.3. The molecule has 0 heterocycles. The molecule has 0 saturated carbocycles. The van der Waals surface area contributed by atoms with Crippen LogP contribution in [-0.2, 0) is 0 Å². The van der Waals surface area contributed by atoms with Crippen molar-refractivity contribution in [1.29, 1.82) is 0 Å². The molecule has 0 aliphatic heterocycles. The molecule has 0 aromatic carbocycles. The first-order chi connectivity index (χ1) is 10.5. The molecule has 1 atom stereocenters. The van der Waals surface area contributed by atoms with Crippen molar-refractivity contribution >= 4 is 0 Å². The zero-order chi connectivity index (χ0) is 16.7. The van der Waals surface area contributed by atoms with E-state index in [0.29, 0.717) is 11.5 Å². The van der Waals surface area contributed by atoms with E-state index in [2.05, 4.69) is 33.4 Å². The Labute approximate surface area is 154 Å². The van der Waals surface area contributed by atoms with E-state index in [1.807, 2.05) is 0 Å². The molecule has 0 aliphatic rings. The average molecular weight is 348 g/mol. The van der Waals surface area contributed by atoms with E-state index in [1.165, 1.54) is 96.3 Å². The quantitative estimate of drug-likeness (QED) is 0.439. The molecule has 0 rings (SSSR count). The van der Waals surface area contributed by atoms with Crippen LogP contribution in [0.3, 0.4) is 0 Å². The van der Waals surface area contributed by atoms with Crippen LogP contribution in [0.1, 0.15) is 124 Å². The van der Waals surface area contributed by atoms with E-state index in [0.717, 1.165) is 0 Å². The molecule has 23 heavy (non-hydrogen) atoms. The van der Waals surface area contributed by atoms with Crippen LogP contribution in [0, 0.1) is 5.41 Å². The van der Waals surface area contributed by atoms with Crippen molar-refractivity contribution in [3.8, 4) is 0 Å². The summed E-state index contributed by atoms with van der Waals surface area (Å²) in [5, 5.41) is 0. The van der Waals surface area contributed by atoms with Crippen molar-refractivity contribution in [3.05, 3.63) is 0 Å². The van der Waals surface area contributed by atoms with Crippen LogP contribution in [0.25, 0.3) is 0 Å². The monoisotopic (exact) mass is 347 g/mol. The van der Waals surface area contributed by atoms with Gasteiger partial charge in [-0.25, -0.2) is 0 Å². The summed E-state index contributed by atoms with van der Waals surface area (Å²) in [5.74, 6) is 0. The summed E-state index contributed by atoms with van der Waals surface area (Å²) >= 11 is 0. The number of halogens is 1. The Morgan fingerprint density at radius 2 is 0.913 bits per heavy atom. The van der Waals surface area contributed by atoms with Gasteiger partial charge in [0.25, 0.3) is 0 Å². The Kier molecular flexibility index (Phi) is 18.9. The third kappa shape index (κ3) is 18.4. The van der Waals surface area contributed by atoms with Gasteiger partial charge in [0.15, 0.2) is 0 Å². The fourth-order valence-corrected chi connectivity index (χ4v) is 3.02. The Morgan fingerprint density at radius 3 is 1.22 bits per heavy atom. The fourth-order valence-electron chi connectivity index (χ4n) is 3.02. The van der Waals surface area contributed by atoms with Crippen LogP contribution < -0.4 is 18.1 Å². The molecular weight excluding hydrogens is 302 g/mol. The highest BCUT2D eigenvalue weighted by molar-refractivity contribution is 4.70. The summed E-state index contributed by atoms with van der Waals surface area (Å²) < 4.78 is 0. The molecule has 0 aromatic heterocycles. The molecule has 0 saturated heterocycles. The molecule has 3 N–H and O–H groups in total. The molecule has 1 nitrogen and oxygen atoms in total.